The van der Waals surface area contributed by atoms with Gasteiger partial charge in [-0.15, -0.1) is 0 Å². The van der Waals surface area contributed by atoms with Crippen LogP contribution >= 0.6 is 0 Å². The molecule has 0 aliphatic rings. The molecule has 11 nitrogen and oxygen atoms in total. The molecule has 0 unspecified atom stereocenters. The van der Waals surface area contributed by atoms with Crippen LogP contribution in [0.3, 0.4) is 0 Å². The van der Waals surface area contributed by atoms with Crippen LogP contribution in [-0.4, -0.2) is 98.4 Å². The van der Waals surface area contributed by atoms with Crippen LogP contribution in [-0.2, 0) is 31.6 Å². The molecule has 0 heterocycles. The summed E-state index contributed by atoms with van der Waals surface area (Å²) in [6.07, 6.45) is 1.76. The third-order valence-electron chi connectivity index (χ3n) is 2.52. The summed E-state index contributed by atoms with van der Waals surface area (Å²) < 4.78 is 23.2. The van der Waals surface area contributed by atoms with Crippen molar-refractivity contribution in [3.63, 3.8) is 0 Å². The number of aliphatic hydroxyl groups is 4. The van der Waals surface area contributed by atoms with Gasteiger partial charge < -0.3 is 25.7 Å². The Bertz CT molecular complexity index is 265. The molecule has 0 saturated carbocycles. The predicted octanol–water partition coefficient (Wildman–Crippen LogP) is -2.20. The molecule has 0 bridgehead atoms. The second-order valence-corrected chi connectivity index (χ2v) is 5.74. The van der Waals surface area contributed by atoms with E-state index in [2.05, 4.69) is 5.32 Å². The molecule has 0 atom stereocenters. The summed E-state index contributed by atoms with van der Waals surface area (Å²) >= 11 is -3.58. The number of nitrogens with one attached hydrogen (secondary N) is 1. The van der Waals surface area contributed by atoms with Crippen molar-refractivity contribution in [3.05, 3.63) is 0 Å². The van der Waals surface area contributed by atoms with Crippen LogP contribution in [0.2, 0.25) is 0 Å². The Morgan fingerprint density at radius 3 is 1.38 bits per heavy atom. The molecular formula is C14H37N2O9Ti+. The molecule has 7 N–H and O–H groups in total. The summed E-state index contributed by atoms with van der Waals surface area (Å²) in [7, 11) is 0. The van der Waals surface area contributed by atoms with Crippen molar-refractivity contribution in [3.8, 4) is 0 Å². The first-order chi connectivity index (χ1) is 12.4. The number of hydrogen-bond acceptors (Lipinski definition) is 8. The van der Waals surface area contributed by atoms with Gasteiger partial charge in [0.2, 0.25) is 0 Å². The Balaban J connectivity index is -0.000000397. The summed E-state index contributed by atoms with van der Waals surface area (Å²) in [5, 5.41) is 37.0. The third kappa shape index (κ3) is 26.3. The van der Waals surface area contributed by atoms with Crippen molar-refractivity contribution < 1.29 is 64.2 Å². The summed E-state index contributed by atoms with van der Waals surface area (Å²) in [4.78, 5) is 11.0. The Morgan fingerprint density at radius 1 is 0.808 bits per heavy atom. The molecule has 0 aliphatic heterocycles. The van der Waals surface area contributed by atoms with Gasteiger partial charge in [0.1, 0.15) is 13.2 Å². The van der Waals surface area contributed by atoms with E-state index in [0.717, 1.165) is 12.8 Å². The van der Waals surface area contributed by atoms with Crippen LogP contribution in [0.15, 0.2) is 0 Å². The zero-order valence-electron chi connectivity index (χ0n) is 15.8. The van der Waals surface area contributed by atoms with Gasteiger partial charge in [-0.2, -0.15) is 9.68 Å². The topological polar surface area (TPSA) is 169 Å². The van der Waals surface area contributed by atoms with Gasteiger partial charge in [0.15, 0.2) is 13.1 Å². The van der Waals surface area contributed by atoms with E-state index in [-0.39, 0.29) is 31.2 Å². The first kappa shape index (κ1) is 30.8. The molecule has 0 saturated heterocycles. The second kappa shape index (κ2) is 25.1. The Hall–Kier alpha value is 0.114. The van der Waals surface area contributed by atoms with Crippen molar-refractivity contribution in [2.24, 2.45) is 0 Å². The molecule has 0 spiro atoms. The molecule has 0 rings (SSSR count). The molecule has 0 amide bonds. The zero-order chi connectivity index (χ0) is 20.7. The Kier molecular flexibility index (Phi) is 29.8. The van der Waals surface area contributed by atoms with Crippen molar-refractivity contribution in [1.29, 1.82) is 0 Å². The average Bonchev–Trinajstić information content (AvgIpc) is 2.59. The van der Waals surface area contributed by atoms with Crippen LogP contribution in [0, 0.1) is 0 Å². The van der Waals surface area contributed by atoms with Gasteiger partial charge in [-0.1, -0.05) is 13.8 Å². The molecule has 0 aliphatic carbocycles. The van der Waals surface area contributed by atoms with Crippen LogP contribution in [0.1, 0.15) is 26.7 Å². The van der Waals surface area contributed by atoms with E-state index in [9.17, 15) is 0 Å². The van der Waals surface area contributed by atoms with Crippen molar-refractivity contribution >= 4 is 0 Å². The molecule has 0 aromatic heterocycles. The summed E-state index contributed by atoms with van der Waals surface area (Å²) in [5.41, 5.74) is 0. The maximum atomic E-state index is 8.97. The first-order valence-corrected chi connectivity index (χ1v) is 10.6. The Morgan fingerprint density at radius 2 is 1.15 bits per heavy atom. The standard InChI is InChI=1S/C10H24NO4.C4H11NO2.2H2O.O.Ti/c1-3-9-14-11(5-7-12,6-8-13)15-10-4-2;6-3-1-5-2-4-7;;;;/h12-13H,3-10H2,1-2H3;5-7H,1-4H2;2*1H2;;/q+1;;;;;+2/p-2. The van der Waals surface area contributed by atoms with Crippen LogP contribution in [0.25, 0.3) is 0 Å². The fraction of sp³-hybridized carbons (Fsp3) is 1.00. The third-order valence-corrected chi connectivity index (χ3v) is 2.52. The summed E-state index contributed by atoms with van der Waals surface area (Å²) in [5.74, 6) is 0. The number of hydroxylamine groups is 4. The van der Waals surface area contributed by atoms with Crippen LogP contribution in [0.5, 0.6) is 0 Å². The van der Waals surface area contributed by atoms with E-state index >= 15 is 0 Å². The van der Waals surface area contributed by atoms with E-state index in [1.807, 2.05) is 13.8 Å². The first-order valence-electron chi connectivity index (χ1n) is 8.61. The van der Waals surface area contributed by atoms with Gasteiger partial charge in [-0.3, -0.25) is 0 Å². The van der Waals surface area contributed by atoms with Crippen LogP contribution < -0.4 is 5.32 Å². The summed E-state index contributed by atoms with van der Waals surface area (Å²) in [6, 6.07) is 0. The van der Waals surface area contributed by atoms with Crippen molar-refractivity contribution in [2.45, 2.75) is 26.7 Å². The Labute approximate surface area is 162 Å². The number of nitrogens with zero attached hydrogens (tertiary/aromatic N) is 1. The fourth-order valence-corrected chi connectivity index (χ4v) is 1.51. The van der Waals surface area contributed by atoms with E-state index in [0.29, 0.717) is 39.4 Å². The number of rotatable bonds is 14. The van der Waals surface area contributed by atoms with E-state index < -0.39 is 18.6 Å². The predicted molar refractivity (Wildman–Crippen MR) is 88.8 cm³/mol. The fourth-order valence-electron chi connectivity index (χ4n) is 1.51. The quantitative estimate of drug-likeness (QED) is 0.0702. The molecule has 0 aromatic carbocycles. The zero-order valence-corrected chi connectivity index (χ0v) is 17.4. The molecule has 12 heteroatoms. The monoisotopic (exact) mass is 425 g/mol. The van der Waals surface area contributed by atoms with Crippen molar-refractivity contribution in [2.75, 3.05) is 65.8 Å². The SMILES string of the molecule is CCCO[N+](CCO)(CCO)OCCC.OCCNCCO.[O]=[Ti]([OH])[OH]. The maximum absolute atomic E-state index is 8.97. The number of quaternary nitrogens is 1. The van der Waals surface area contributed by atoms with E-state index in [4.69, 9.17) is 40.8 Å². The van der Waals surface area contributed by atoms with Crippen LogP contribution in [0.4, 0.5) is 0 Å². The molecule has 0 aromatic rings. The molecule has 160 valence electrons. The molecule has 26 heavy (non-hydrogen) atoms. The number of aliphatic hydroxyl groups excluding tert-OH is 4. The van der Waals surface area contributed by atoms with Gasteiger partial charge in [0.25, 0.3) is 0 Å². The van der Waals surface area contributed by atoms with Crippen molar-refractivity contribution in [1.82, 2.24) is 5.32 Å². The van der Waals surface area contributed by atoms with Gasteiger partial charge in [0.05, 0.1) is 26.4 Å². The minimum atomic E-state index is -3.58. The minimum absolute atomic E-state index is 0.0204. The second-order valence-electron chi connectivity index (χ2n) is 4.86. The van der Waals surface area contributed by atoms with Gasteiger partial charge >= 0.3 is 29.3 Å². The molecule has 0 fully saturated rings. The van der Waals surface area contributed by atoms with Gasteiger partial charge in [-0.25, -0.2) is 0 Å². The van der Waals surface area contributed by atoms with E-state index in [1.165, 1.54) is 0 Å². The van der Waals surface area contributed by atoms with Gasteiger partial charge in [-0.05, 0) is 17.7 Å². The number of hydrogen-bond donors (Lipinski definition) is 7. The molecule has 0 radical (unpaired) electrons. The van der Waals surface area contributed by atoms with Gasteiger partial charge in [0, 0.05) is 13.1 Å². The summed E-state index contributed by atoms with van der Waals surface area (Å²) in [6.45, 7) is 7.20. The normalized spacial score (nSPS) is 10.5. The average molecular weight is 425 g/mol. The van der Waals surface area contributed by atoms with E-state index in [1.54, 1.807) is 0 Å². The molecular weight excluding hydrogens is 388 g/mol.